The lowest BCUT2D eigenvalue weighted by Gasteiger charge is -2.21. The quantitative estimate of drug-likeness (QED) is 0.712. The summed E-state index contributed by atoms with van der Waals surface area (Å²) in [6, 6.07) is 9.41. The number of hydrogen-bond acceptors (Lipinski definition) is 5. The van der Waals surface area contributed by atoms with Gasteiger partial charge in [-0.1, -0.05) is 6.07 Å². The predicted molar refractivity (Wildman–Crippen MR) is 104 cm³/mol. The fourth-order valence-electron chi connectivity index (χ4n) is 3.24. The number of carbonyl (C=O) groups excluding carboxylic acids is 1. The Labute approximate surface area is 162 Å². The van der Waals surface area contributed by atoms with Crippen LogP contribution in [0.4, 0.5) is 0 Å². The Balaban J connectivity index is 1.55. The van der Waals surface area contributed by atoms with Crippen molar-refractivity contribution in [3.8, 4) is 11.5 Å². The average Bonchev–Trinajstić information content (AvgIpc) is 3.44. The molecule has 144 valence electrons. The number of aromatic amines is 1. The lowest BCUT2D eigenvalue weighted by Crippen LogP contribution is -2.35. The molecule has 0 aromatic carbocycles. The summed E-state index contributed by atoms with van der Waals surface area (Å²) in [6.07, 6.45) is 3.63. The van der Waals surface area contributed by atoms with Crippen molar-refractivity contribution in [3.05, 3.63) is 69.7 Å². The number of aromatic nitrogens is 3. The largest absolute Gasteiger partial charge is 0.464 e. The smallest absolute Gasteiger partial charge is 0.255 e. The Bertz CT molecular complexity index is 1050. The van der Waals surface area contributed by atoms with E-state index in [4.69, 9.17) is 4.42 Å². The van der Waals surface area contributed by atoms with E-state index in [1.165, 1.54) is 0 Å². The van der Waals surface area contributed by atoms with Crippen LogP contribution in [0, 0.1) is 13.8 Å². The van der Waals surface area contributed by atoms with E-state index in [0.29, 0.717) is 29.3 Å². The lowest BCUT2D eigenvalue weighted by atomic mass is 10.1. The summed E-state index contributed by atoms with van der Waals surface area (Å²) in [5.74, 6) is 1.90. The molecule has 1 aliphatic carbocycles. The number of H-pyrrole nitrogens is 1. The standard InChI is InChI=1S/C21H22N4O3/c1-13-6-9-16(28-13)12-25(15-7-8-15)19(26)11-17-14(2)23-20(24-21(17)27)18-5-3-4-10-22-18/h3-6,9-10,15H,7-8,11-12H2,1-2H3,(H,23,24,27). The Morgan fingerprint density at radius 3 is 2.68 bits per heavy atom. The fraction of sp³-hybridized carbons (Fsp3) is 0.333. The van der Waals surface area contributed by atoms with Gasteiger partial charge in [0.05, 0.1) is 13.0 Å². The average molecular weight is 378 g/mol. The molecule has 3 aromatic rings. The first-order valence-electron chi connectivity index (χ1n) is 9.37. The van der Waals surface area contributed by atoms with Gasteiger partial charge in [0.2, 0.25) is 5.91 Å². The molecule has 4 rings (SSSR count). The van der Waals surface area contributed by atoms with Crippen molar-refractivity contribution in [3.63, 3.8) is 0 Å². The molecule has 3 aromatic heterocycles. The first-order valence-corrected chi connectivity index (χ1v) is 9.37. The summed E-state index contributed by atoms with van der Waals surface area (Å²) < 4.78 is 5.62. The third-order valence-corrected chi connectivity index (χ3v) is 4.89. The molecule has 1 amide bonds. The zero-order valence-electron chi connectivity index (χ0n) is 15.9. The van der Waals surface area contributed by atoms with E-state index in [-0.39, 0.29) is 23.9 Å². The van der Waals surface area contributed by atoms with Crippen molar-refractivity contribution in [2.24, 2.45) is 0 Å². The zero-order chi connectivity index (χ0) is 19.7. The molecule has 1 fully saturated rings. The molecular formula is C21H22N4O3. The summed E-state index contributed by atoms with van der Waals surface area (Å²) in [7, 11) is 0. The van der Waals surface area contributed by atoms with Gasteiger partial charge in [0, 0.05) is 23.5 Å². The highest BCUT2D eigenvalue weighted by molar-refractivity contribution is 5.79. The Hall–Kier alpha value is -3.22. The summed E-state index contributed by atoms with van der Waals surface area (Å²) in [4.78, 5) is 38.8. The molecule has 1 aliphatic rings. The number of rotatable bonds is 6. The summed E-state index contributed by atoms with van der Waals surface area (Å²) in [5, 5.41) is 0. The van der Waals surface area contributed by atoms with Crippen LogP contribution < -0.4 is 5.56 Å². The van der Waals surface area contributed by atoms with Gasteiger partial charge in [-0.05, 0) is 51.0 Å². The van der Waals surface area contributed by atoms with Crippen molar-refractivity contribution in [2.45, 2.75) is 45.7 Å². The highest BCUT2D eigenvalue weighted by Gasteiger charge is 2.33. The van der Waals surface area contributed by atoms with Gasteiger partial charge in [-0.15, -0.1) is 0 Å². The SMILES string of the molecule is Cc1ccc(CN(C(=O)Cc2c(C)nc(-c3ccccn3)[nH]c2=O)C2CC2)o1. The molecule has 28 heavy (non-hydrogen) atoms. The Kier molecular flexibility index (Phi) is 4.81. The molecule has 7 heteroatoms. The number of pyridine rings is 1. The first kappa shape index (κ1) is 18.2. The van der Waals surface area contributed by atoms with Crippen LogP contribution in [0.25, 0.3) is 11.5 Å². The Morgan fingerprint density at radius 2 is 2.07 bits per heavy atom. The molecule has 7 nitrogen and oxygen atoms in total. The molecule has 1 N–H and O–H groups in total. The molecule has 0 aliphatic heterocycles. The van der Waals surface area contributed by atoms with E-state index in [0.717, 1.165) is 24.4 Å². The number of nitrogens with one attached hydrogen (secondary N) is 1. The van der Waals surface area contributed by atoms with Crippen molar-refractivity contribution >= 4 is 5.91 Å². The maximum absolute atomic E-state index is 13.0. The van der Waals surface area contributed by atoms with E-state index < -0.39 is 0 Å². The number of amides is 1. The van der Waals surface area contributed by atoms with Crippen molar-refractivity contribution < 1.29 is 9.21 Å². The van der Waals surface area contributed by atoms with E-state index in [1.54, 1.807) is 25.3 Å². The molecule has 0 saturated heterocycles. The molecular weight excluding hydrogens is 356 g/mol. The predicted octanol–water partition coefficient (Wildman–Crippen LogP) is 2.78. The minimum absolute atomic E-state index is 0.0207. The van der Waals surface area contributed by atoms with Gasteiger partial charge in [0.1, 0.15) is 17.2 Å². The number of furan rings is 1. The summed E-state index contributed by atoms with van der Waals surface area (Å²) in [6.45, 7) is 4.06. The third-order valence-electron chi connectivity index (χ3n) is 4.89. The van der Waals surface area contributed by atoms with Gasteiger partial charge in [-0.3, -0.25) is 14.6 Å². The maximum Gasteiger partial charge on any atom is 0.255 e. The van der Waals surface area contributed by atoms with Gasteiger partial charge in [-0.2, -0.15) is 0 Å². The second kappa shape index (κ2) is 7.42. The van der Waals surface area contributed by atoms with Gasteiger partial charge in [0.15, 0.2) is 5.82 Å². The molecule has 0 bridgehead atoms. The van der Waals surface area contributed by atoms with Crippen LogP contribution in [0.2, 0.25) is 0 Å². The first-order chi connectivity index (χ1) is 13.5. The Morgan fingerprint density at radius 1 is 1.25 bits per heavy atom. The minimum atomic E-state index is -0.300. The van der Waals surface area contributed by atoms with Crippen LogP contribution >= 0.6 is 0 Å². The summed E-state index contributed by atoms with van der Waals surface area (Å²) >= 11 is 0. The number of carbonyl (C=O) groups is 1. The highest BCUT2D eigenvalue weighted by atomic mass is 16.3. The van der Waals surface area contributed by atoms with Gasteiger partial charge >= 0.3 is 0 Å². The zero-order valence-corrected chi connectivity index (χ0v) is 15.9. The van der Waals surface area contributed by atoms with Gasteiger partial charge in [0.25, 0.3) is 5.56 Å². The van der Waals surface area contributed by atoms with Crippen LogP contribution in [0.15, 0.2) is 45.7 Å². The van der Waals surface area contributed by atoms with E-state index in [1.807, 2.05) is 30.0 Å². The van der Waals surface area contributed by atoms with Crippen LogP contribution in [0.3, 0.4) is 0 Å². The van der Waals surface area contributed by atoms with E-state index >= 15 is 0 Å². The topological polar surface area (TPSA) is 92.1 Å². The van der Waals surface area contributed by atoms with Crippen molar-refractivity contribution in [1.82, 2.24) is 19.9 Å². The second-order valence-corrected chi connectivity index (χ2v) is 7.14. The third kappa shape index (κ3) is 3.88. The van der Waals surface area contributed by atoms with Gasteiger partial charge in [-0.25, -0.2) is 4.98 Å². The van der Waals surface area contributed by atoms with Crippen LogP contribution in [-0.4, -0.2) is 31.8 Å². The molecule has 3 heterocycles. The molecule has 0 spiro atoms. The van der Waals surface area contributed by atoms with Crippen molar-refractivity contribution in [1.29, 1.82) is 0 Å². The minimum Gasteiger partial charge on any atom is -0.464 e. The second-order valence-electron chi connectivity index (χ2n) is 7.14. The van der Waals surface area contributed by atoms with Crippen LogP contribution in [0.1, 0.15) is 35.6 Å². The highest BCUT2D eigenvalue weighted by Crippen LogP contribution is 2.29. The normalized spacial score (nSPS) is 13.5. The number of hydrogen-bond donors (Lipinski definition) is 1. The van der Waals surface area contributed by atoms with Crippen LogP contribution in [0.5, 0.6) is 0 Å². The van der Waals surface area contributed by atoms with E-state index in [2.05, 4.69) is 15.0 Å². The maximum atomic E-state index is 13.0. The molecule has 0 radical (unpaired) electrons. The number of nitrogens with zero attached hydrogens (tertiary/aromatic N) is 3. The monoisotopic (exact) mass is 378 g/mol. The molecule has 0 unspecified atom stereocenters. The van der Waals surface area contributed by atoms with Crippen molar-refractivity contribution in [2.75, 3.05) is 0 Å². The molecule has 0 atom stereocenters. The molecule has 1 saturated carbocycles. The number of aryl methyl sites for hydroxylation is 2. The van der Waals surface area contributed by atoms with Crippen LogP contribution in [-0.2, 0) is 17.8 Å². The lowest BCUT2D eigenvalue weighted by molar-refractivity contribution is -0.132. The fourth-order valence-corrected chi connectivity index (χ4v) is 3.24. The summed E-state index contributed by atoms with van der Waals surface area (Å²) in [5.41, 5.74) is 1.23. The van der Waals surface area contributed by atoms with Gasteiger partial charge < -0.3 is 14.3 Å². The van der Waals surface area contributed by atoms with E-state index in [9.17, 15) is 9.59 Å².